The molecule has 5 rings (SSSR count). The molecule has 0 aromatic heterocycles. The molecule has 0 saturated heterocycles. The molecule has 3 aromatic rings. The van der Waals surface area contributed by atoms with Gasteiger partial charge in [-0.25, -0.2) is 8.42 Å². The van der Waals surface area contributed by atoms with Gasteiger partial charge in [-0.05, 0) is 49.5 Å². The van der Waals surface area contributed by atoms with Crippen molar-refractivity contribution >= 4 is 27.2 Å². The zero-order chi connectivity index (χ0) is 27.6. The number of carbonyl (C=O) groups is 2. The molecule has 0 spiro atoms. The van der Waals surface area contributed by atoms with E-state index in [1.807, 2.05) is 62.4 Å². The summed E-state index contributed by atoms with van der Waals surface area (Å²) in [5.41, 5.74) is 3.65. The van der Waals surface area contributed by atoms with Crippen molar-refractivity contribution in [2.45, 2.75) is 56.9 Å². The summed E-state index contributed by atoms with van der Waals surface area (Å²) in [5.74, 6) is -0.521. The number of rotatable bonds is 10. The number of hydrogen-bond donors (Lipinski definition) is 0. The molecule has 0 N–H and O–H groups in total. The van der Waals surface area contributed by atoms with E-state index in [0.29, 0.717) is 17.6 Å². The van der Waals surface area contributed by atoms with E-state index in [4.69, 9.17) is 0 Å². The summed E-state index contributed by atoms with van der Waals surface area (Å²) in [5, 5.41) is 0. The summed E-state index contributed by atoms with van der Waals surface area (Å²) in [4.78, 5) is 27.7. The van der Waals surface area contributed by atoms with Crippen molar-refractivity contribution in [1.29, 1.82) is 0 Å². The number of ketones is 2. The fraction of sp³-hybridized carbons (Fsp3) is 0.333. The normalized spacial score (nSPS) is 20.2. The molecule has 39 heavy (non-hydrogen) atoms. The van der Waals surface area contributed by atoms with Gasteiger partial charge < -0.3 is 0 Å². The Hall–Kier alpha value is -3.35. The summed E-state index contributed by atoms with van der Waals surface area (Å²) in [6.07, 6.45) is 3.19. The topological polar surface area (TPSA) is 71.5 Å². The lowest BCUT2D eigenvalue weighted by Gasteiger charge is -2.42. The molecule has 0 unspecified atom stereocenters. The average Bonchev–Trinajstić information content (AvgIpc) is 3.80. The molecule has 2 aliphatic rings. The molecule has 202 valence electrons. The minimum Gasteiger partial charge on any atom is -0.299 e. The monoisotopic (exact) mass is 541 g/mol. The summed E-state index contributed by atoms with van der Waals surface area (Å²) in [6, 6.07) is 25.1. The van der Waals surface area contributed by atoms with Gasteiger partial charge in [-0.3, -0.25) is 9.59 Å². The van der Waals surface area contributed by atoms with Gasteiger partial charge in [0.25, 0.3) is 0 Å². The Bertz CT molecular complexity index is 1470. The van der Waals surface area contributed by atoms with Gasteiger partial charge in [0.1, 0.15) is 5.78 Å². The first kappa shape index (κ1) is 27.2. The Balaban J connectivity index is 1.73. The molecule has 0 amide bonds. The van der Waals surface area contributed by atoms with E-state index in [1.165, 1.54) is 0 Å². The van der Waals surface area contributed by atoms with E-state index in [1.54, 1.807) is 40.7 Å². The Morgan fingerprint density at radius 1 is 0.872 bits per heavy atom. The van der Waals surface area contributed by atoms with Crippen molar-refractivity contribution in [2.75, 3.05) is 6.54 Å². The van der Waals surface area contributed by atoms with Crippen LogP contribution in [0.2, 0.25) is 0 Å². The third-order valence-corrected chi connectivity index (χ3v) is 9.70. The molecule has 1 aliphatic carbocycles. The van der Waals surface area contributed by atoms with Gasteiger partial charge in [-0.15, -0.1) is 0 Å². The Kier molecular flexibility index (Phi) is 7.96. The molecule has 5 nitrogen and oxygen atoms in total. The first-order valence-electron chi connectivity index (χ1n) is 13.8. The van der Waals surface area contributed by atoms with Crippen LogP contribution in [0.1, 0.15) is 60.5 Å². The molecule has 3 aromatic carbocycles. The molecular formula is C33H35NO4S. The maximum atomic E-state index is 14.2. The average molecular weight is 542 g/mol. The number of Topliss-reactive ketones (excluding diaryl/α,β-unsaturated/α-hetero) is 2. The van der Waals surface area contributed by atoms with Gasteiger partial charge in [0.05, 0.1) is 10.9 Å². The smallest absolute Gasteiger partial charge is 0.243 e. The summed E-state index contributed by atoms with van der Waals surface area (Å²) >= 11 is 0. The highest BCUT2D eigenvalue weighted by atomic mass is 32.2. The van der Waals surface area contributed by atoms with Crippen LogP contribution in [-0.4, -0.2) is 36.9 Å². The lowest BCUT2D eigenvalue weighted by molar-refractivity contribution is -0.121. The van der Waals surface area contributed by atoms with Crippen molar-refractivity contribution in [2.24, 2.45) is 11.8 Å². The largest absolute Gasteiger partial charge is 0.299 e. The standard InChI is InChI=1S/C33H35NO4S/c1-3-10-29-31(25-11-6-4-7-12-25)32(33(36)26-13-8-5-9-14-26)27(21-30(35)24-17-18-24)22-34(29)39(37,38)28-19-15-23(2)16-20-28/h4-9,11-16,19-20,24,27,29H,3,10,17-18,21-22H2,1-2H3/t27-,29-/m0/s1. The van der Waals surface area contributed by atoms with Crippen LogP contribution in [0.3, 0.4) is 0 Å². The van der Waals surface area contributed by atoms with Crippen molar-refractivity contribution in [1.82, 2.24) is 4.31 Å². The number of sulfonamides is 1. The second kappa shape index (κ2) is 11.4. The van der Waals surface area contributed by atoms with Gasteiger partial charge in [0.2, 0.25) is 10.0 Å². The highest BCUT2D eigenvalue weighted by molar-refractivity contribution is 7.89. The summed E-state index contributed by atoms with van der Waals surface area (Å²) in [7, 11) is -3.90. The van der Waals surface area contributed by atoms with Gasteiger partial charge in [0, 0.05) is 35.9 Å². The van der Waals surface area contributed by atoms with Crippen LogP contribution in [0.15, 0.2) is 95.4 Å². The molecule has 1 aliphatic heterocycles. The van der Waals surface area contributed by atoms with Crippen molar-refractivity contribution in [3.8, 4) is 0 Å². The lowest BCUT2D eigenvalue weighted by Crippen LogP contribution is -2.49. The summed E-state index contributed by atoms with van der Waals surface area (Å²) < 4.78 is 30.0. The lowest BCUT2D eigenvalue weighted by atomic mass is 9.76. The first-order valence-corrected chi connectivity index (χ1v) is 15.3. The molecule has 0 bridgehead atoms. The highest BCUT2D eigenvalue weighted by Gasteiger charge is 2.45. The van der Waals surface area contributed by atoms with Crippen LogP contribution in [0, 0.1) is 18.8 Å². The van der Waals surface area contributed by atoms with Gasteiger partial charge in [0.15, 0.2) is 5.78 Å². The number of nitrogens with zero attached hydrogens (tertiary/aromatic N) is 1. The van der Waals surface area contributed by atoms with Crippen LogP contribution < -0.4 is 0 Å². The zero-order valence-electron chi connectivity index (χ0n) is 22.5. The second-order valence-corrected chi connectivity index (χ2v) is 12.6. The van der Waals surface area contributed by atoms with Crippen LogP contribution in [0.4, 0.5) is 0 Å². The van der Waals surface area contributed by atoms with E-state index < -0.39 is 22.0 Å². The van der Waals surface area contributed by atoms with E-state index in [0.717, 1.165) is 36.0 Å². The minimum absolute atomic E-state index is 0.0220. The van der Waals surface area contributed by atoms with E-state index in [2.05, 4.69) is 0 Å². The molecule has 6 heteroatoms. The van der Waals surface area contributed by atoms with E-state index in [9.17, 15) is 18.0 Å². The maximum Gasteiger partial charge on any atom is 0.243 e. The van der Waals surface area contributed by atoms with Crippen molar-refractivity contribution in [3.05, 3.63) is 107 Å². The molecule has 0 radical (unpaired) electrons. The molecule has 1 heterocycles. The molecule has 2 atom stereocenters. The van der Waals surface area contributed by atoms with Crippen LogP contribution in [-0.2, 0) is 14.8 Å². The maximum absolute atomic E-state index is 14.2. The molecule has 1 saturated carbocycles. The van der Waals surface area contributed by atoms with Gasteiger partial charge in [-0.2, -0.15) is 4.31 Å². The highest BCUT2D eigenvalue weighted by Crippen LogP contribution is 2.43. The zero-order valence-corrected chi connectivity index (χ0v) is 23.4. The molecular weight excluding hydrogens is 506 g/mol. The summed E-state index contributed by atoms with van der Waals surface area (Å²) in [6.45, 7) is 4.05. The fourth-order valence-electron chi connectivity index (χ4n) is 5.65. The minimum atomic E-state index is -3.90. The first-order chi connectivity index (χ1) is 18.8. The number of hydrogen-bond acceptors (Lipinski definition) is 4. The second-order valence-electron chi connectivity index (χ2n) is 10.7. The number of benzene rings is 3. The Morgan fingerprint density at radius 3 is 2.08 bits per heavy atom. The van der Waals surface area contributed by atoms with E-state index in [-0.39, 0.29) is 35.3 Å². The number of aryl methyl sites for hydroxylation is 1. The van der Waals surface area contributed by atoms with Crippen molar-refractivity contribution < 1.29 is 18.0 Å². The Labute approximate surface area is 231 Å². The third kappa shape index (κ3) is 5.68. The SMILES string of the molecule is CCC[C@H]1C(c2ccccc2)=C(C(=O)c2ccccc2)[C@@H](CC(=O)C2CC2)CN1S(=O)(=O)c1ccc(C)cc1. The fourth-order valence-corrected chi connectivity index (χ4v) is 7.32. The van der Waals surface area contributed by atoms with Gasteiger partial charge >= 0.3 is 0 Å². The predicted octanol–water partition coefficient (Wildman–Crippen LogP) is 6.49. The van der Waals surface area contributed by atoms with Crippen LogP contribution in [0.25, 0.3) is 5.57 Å². The van der Waals surface area contributed by atoms with Crippen molar-refractivity contribution in [3.63, 3.8) is 0 Å². The van der Waals surface area contributed by atoms with Crippen LogP contribution in [0.5, 0.6) is 0 Å². The predicted molar refractivity (Wildman–Crippen MR) is 154 cm³/mol. The van der Waals surface area contributed by atoms with E-state index >= 15 is 0 Å². The van der Waals surface area contributed by atoms with Crippen LogP contribution >= 0.6 is 0 Å². The Morgan fingerprint density at radius 2 is 1.49 bits per heavy atom. The molecule has 1 fully saturated rings. The quantitative estimate of drug-likeness (QED) is 0.275. The van der Waals surface area contributed by atoms with Gasteiger partial charge in [-0.1, -0.05) is 91.7 Å². The third-order valence-electron chi connectivity index (χ3n) is 7.81. The number of carbonyl (C=O) groups excluding carboxylic acids is 2.